The summed E-state index contributed by atoms with van der Waals surface area (Å²) >= 11 is 1.73. The zero-order chi connectivity index (χ0) is 16.9. The van der Waals surface area contributed by atoms with Gasteiger partial charge >= 0.3 is 5.97 Å². The van der Waals surface area contributed by atoms with E-state index in [1.54, 1.807) is 11.3 Å². The van der Waals surface area contributed by atoms with Gasteiger partial charge in [0.2, 0.25) is 0 Å². The largest absolute Gasteiger partial charge is 0.465 e. The second kappa shape index (κ2) is 7.77. The molecule has 2 N–H and O–H groups in total. The summed E-state index contributed by atoms with van der Waals surface area (Å²) in [5.41, 5.74) is 8.63. The number of aromatic nitrogens is 1. The first kappa shape index (κ1) is 16.9. The lowest BCUT2D eigenvalue weighted by Crippen LogP contribution is -2.37. The maximum absolute atomic E-state index is 11.6. The van der Waals surface area contributed by atoms with E-state index in [9.17, 15) is 4.79 Å². The highest BCUT2D eigenvalue weighted by Gasteiger charge is 2.24. The van der Waals surface area contributed by atoms with Crippen LogP contribution in [0.4, 0.5) is 5.69 Å². The van der Waals surface area contributed by atoms with Crippen molar-refractivity contribution >= 4 is 23.0 Å². The van der Waals surface area contributed by atoms with Gasteiger partial charge in [0.25, 0.3) is 0 Å². The Hall–Kier alpha value is -1.92. The fraction of sp³-hybridized carbons (Fsp3) is 0.444. The summed E-state index contributed by atoms with van der Waals surface area (Å²) in [5.74, 6) is 0.354. The molecule has 1 aromatic carbocycles. The molecule has 3 rings (SSSR count). The molecule has 1 saturated heterocycles. The van der Waals surface area contributed by atoms with Gasteiger partial charge < -0.3 is 10.5 Å². The van der Waals surface area contributed by atoms with Gasteiger partial charge in [0.15, 0.2) is 0 Å². The van der Waals surface area contributed by atoms with E-state index in [1.807, 2.05) is 31.2 Å². The molecule has 0 amide bonds. The zero-order valence-electron chi connectivity index (χ0n) is 13.9. The van der Waals surface area contributed by atoms with Crippen molar-refractivity contribution in [2.24, 2.45) is 0 Å². The van der Waals surface area contributed by atoms with Gasteiger partial charge in [-0.3, -0.25) is 9.69 Å². The molecule has 0 aliphatic carbocycles. The van der Waals surface area contributed by atoms with Gasteiger partial charge in [0, 0.05) is 22.5 Å². The van der Waals surface area contributed by atoms with Crippen LogP contribution in [0.15, 0.2) is 29.6 Å². The lowest BCUT2D eigenvalue weighted by molar-refractivity contribution is -0.144. The first-order valence-electron chi connectivity index (χ1n) is 8.35. The first-order chi connectivity index (χ1) is 11.7. The number of nitrogens with two attached hydrogens (primary N) is 1. The van der Waals surface area contributed by atoms with Gasteiger partial charge in [-0.25, -0.2) is 4.98 Å². The number of hydrogen-bond acceptors (Lipinski definition) is 6. The second-order valence-electron chi connectivity index (χ2n) is 6.05. The number of nitrogen functional groups attached to an aromatic ring is 1. The van der Waals surface area contributed by atoms with Crippen LogP contribution in [-0.4, -0.2) is 42.1 Å². The Bertz CT molecular complexity index is 676. The number of likely N-dealkylation sites (tertiary alicyclic amines) is 1. The number of benzene rings is 1. The number of ether oxygens (including phenoxy) is 1. The van der Waals surface area contributed by atoms with Crippen LogP contribution in [-0.2, 0) is 9.53 Å². The molecule has 0 saturated carbocycles. The van der Waals surface area contributed by atoms with Gasteiger partial charge in [0.1, 0.15) is 0 Å². The Morgan fingerprint density at radius 3 is 2.71 bits per heavy atom. The third-order valence-corrected chi connectivity index (χ3v) is 5.33. The van der Waals surface area contributed by atoms with E-state index in [0.29, 0.717) is 19.1 Å². The molecule has 1 aliphatic rings. The number of piperidine rings is 1. The number of hydrogen-bond donors (Lipinski definition) is 1. The number of esters is 1. The monoisotopic (exact) mass is 345 g/mol. The molecule has 0 spiro atoms. The van der Waals surface area contributed by atoms with Crippen molar-refractivity contribution in [3.05, 3.63) is 34.7 Å². The minimum Gasteiger partial charge on any atom is -0.465 e. The van der Waals surface area contributed by atoms with Gasteiger partial charge in [-0.2, -0.15) is 0 Å². The summed E-state index contributed by atoms with van der Waals surface area (Å²) in [4.78, 5) is 18.6. The van der Waals surface area contributed by atoms with Crippen molar-refractivity contribution < 1.29 is 9.53 Å². The minimum absolute atomic E-state index is 0.129. The van der Waals surface area contributed by atoms with Crippen LogP contribution in [0.1, 0.15) is 30.7 Å². The third kappa shape index (κ3) is 4.13. The summed E-state index contributed by atoms with van der Waals surface area (Å²) in [5, 5.41) is 3.31. The summed E-state index contributed by atoms with van der Waals surface area (Å²) in [6, 6.07) is 7.83. The van der Waals surface area contributed by atoms with Crippen LogP contribution in [0.5, 0.6) is 0 Å². The Labute approximate surface area is 146 Å². The molecule has 1 aromatic heterocycles. The van der Waals surface area contributed by atoms with Crippen LogP contribution in [0.25, 0.3) is 11.3 Å². The first-order valence-corrected chi connectivity index (χ1v) is 9.23. The molecular formula is C18H23N3O2S. The molecule has 24 heavy (non-hydrogen) atoms. The minimum atomic E-state index is -0.129. The fourth-order valence-electron chi connectivity index (χ4n) is 2.99. The van der Waals surface area contributed by atoms with Gasteiger partial charge in [-0.15, -0.1) is 11.3 Å². The molecule has 0 atom stereocenters. The highest BCUT2D eigenvalue weighted by Crippen LogP contribution is 2.33. The average molecular weight is 345 g/mol. The summed E-state index contributed by atoms with van der Waals surface area (Å²) < 4.78 is 5.02. The molecule has 1 fully saturated rings. The van der Waals surface area contributed by atoms with Crippen molar-refractivity contribution in [1.29, 1.82) is 0 Å². The highest BCUT2D eigenvalue weighted by atomic mass is 32.1. The van der Waals surface area contributed by atoms with E-state index in [0.717, 1.165) is 42.9 Å². The molecule has 2 heterocycles. The van der Waals surface area contributed by atoms with E-state index in [4.69, 9.17) is 15.5 Å². The predicted octanol–water partition coefficient (Wildman–Crippen LogP) is 3.13. The van der Waals surface area contributed by atoms with E-state index in [-0.39, 0.29) is 5.97 Å². The van der Waals surface area contributed by atoms with E-state index in [2.05, 4.69) is 10.3 Å². The standard InChI is InChI=1S/C18H23N3O2S/c1-2-23-17(22)11-21-9-7-14(8-10-21)18-20-16(12-24-18)13-3-5-15(19)6-4-13/h3-6,12,14H,2,7-11,19H2,1H3. The van der Waals surface area contributed by atoms with E-state index in [1.165, 1.54) is 5.01 Å². The van der Waals surface area contributed by atoms with Crippen molar-refractivity contribution in [2.75, 3.05) is 32.0 Å². The van der Waals surface area contributed by atoms with Crippen molar-refractivity contribution in [3.63, 3.8) is 0 Å². The Balaban J connectivity index is 1.57. The van der Waals surface area contributed by atoms with Crippen molar-refractivity contribution in [2.45, 2.75) is 25.7 Å². The molecule has 5 nitrogen and oxygen atoms in total. The fourth-order valence-corrected chi connectivity index (χ4v) is 3.99. The predicted molar refractivity (Wildman–Crippen MR) is 97.0 cm³/mol. The molecule has 1 aliphatic heterocycles. The Kier molecular flexibility index (Phi) is 5.48. The number of carbonyl (C=O) groups is 1. The van der Waals surface area contributed by atoms with Gasteiger partial charge in [-0.05, 0) is 45.0 Å². The molecule has 0 radical (unpaired) electrons. The molecule has 2 aromatic rings. The Morgan fingerprint density at radius 2 is 2.04 bits per heavy atom. The summed E-state index contributed by atoms with van der Waals surface area (Å²) in [7, 11) is 0. The number of rotatable bonds is 5. The topological polar surface area (TPSA) is 68.5 Å². The molecule has 0 bridgehead atoms. The van der Waals surface area contributed by atoms with E-state index < -0.39 is 0 Å². The Morgan fingerprint density at radius 1 is 1.33 bits per heavy atom. The van der Waals surface area contributed by atoms with Crippen LogP contribution >= 0.6 is 11.3 Å². The highest BCUT2D eigenvalue weighted by molar-refractivity contribution is 7.10. The smallest absolute Gasteiger partial charge is 0.320 e. The molecule has 128 valence electrons. The van der Waals surface area contributed by atoms with E-state index >= 15 is 0 Å². The maximum Gasteiger partial charge on any atom is 0.320 e. The number of nitrogens with zero attached hydrogens (tertiary/aromatic N) is 2. The molecular weight excluding hydrogens is 322 g/mol. The van der Waals surface area contributed by atoms with Crippen LogP contribution in [0, 0.1) is 0 Å². The van der Waals surface area contributed by atoms with Gasteiger partial charge in [-0.1, -0.05) is 12.1 Å². The normalized spacial score (nSPS) is 16.2. The molecule has 6 heteroatoms. The van der Waals surface area contributed by atoms with Gasteiger partial charge in [0.05, 0.1) is 23.9 Å². The lowest BCUT2D eigenvalue weighted by Gasteiger charge is -2.30. The van der Waals surface area contributed by atoms with Crippen molar-refractivity contribution in [3.8, 4) is 11.3 Å². The number of thiazole rings is 1. The average Bonchev–Trinajstić information content (AvgIpc) is 3.06. The van der Waals surface area contributed by atoms with Crippen molar-refractivity contribution in [1.82, 2.24) is 9.88 Å². The van der Waals surface area contributed by atoms with Crippen LogP contribution in [0.3, 0.4) is 0 Å². The second-order valence-corrected chi connectivity index (χ2v) is 6.94. The zero-order valence-corrected chi connectivity index (χ0v) is 14.7. The SMILES string of the molecule is CCOC(=O)CN1CCC(c2nc(-c3ccc(N)cc3)cs2)CC1. The lowest BCUT2D eigenvalue weighted by atomic mass is 9.97. The summed E-state index contributed by atoms with van der Waals surface area (Å²) in [6.45, 7) is 4.52. The third-order valence-electron chi connectivity index (χ3n) is 4.32. The molecule has 0 unspecified atom stereocenters. The quantitative estimate of drug-likeness (QED) is 0.666. The van der Waals surface area contributed by atoms with Crippen LogP contribution < -0.4 is 5.73 Å². The van der Waals surface area contributed by atoms with Crippen LogP contribution in [0.2, 0.25) is 0 Å². The number of anilines is 1. The summed E-state index contributed by atoms with van der Waals surface area (Å²) in [6.07, 6.45) is 2.07. The maximum atomic E-state index is 11.6. The number of carbonyl (C=O) groups excluding carboxylic acids is 1.